The first-order chi connectivity index (χ1) is 18.5. The Balaban J connectivity index is 1.62. The summed E-state index contributed by atoms with van der Waals surface area (Å²) in [6.45, 7) is 5.72. The molecular formula is C28H37N7O2S. The first-order valence-electron chi connectivity index (χ1n) is 13.3. The number of ether oxygens (including phenoxy) is 1. The van der Waals surface area contributed by atoms with Gasteiger partial charge >= 0.3 is 0 Å². The van der Waals surface area contributed by atoms with Crippen molar-refractivity contribution in [2.24, 2.45) is 21.2 Å². The van der Waals surface area contributed by atoms with Crippen molar-refractivity contribution in [2.75, 3.05) is 6.61 Å². The largest absolute Gasteiger partial charge is 0.377 e. The lowest BCUT2D eigenvalue weighted by Crippen LogP contribution is -2.40. The molecule has 0 saturated heterocycles. The summed E-state index contributed by atoms with van der Waals surface area (Å²) in [5.74, 6) is 6.04. The number of hydrogen-bond donors (Lipinski definition) is 3. The van der Waals surface area contributed by atoms with Crippen LogP contribution in [0, 0.1) is 5.41 Å². The van der Waals surface area contributed by atoms with Gasteiger partial charge < -0.3 is 10.6 Å². The van der Waals surface area contributed by atoms with Crippen LogP contribution in [0.3, 0.4) is 0 Å². The van der Waals surface area contributed by atoms with Gasteiger partial charge in [-0.3, -0.25) is 24.8 Å². The molecule has 0 radical (unpaired) electrons. The van der Waals surface area contributed by atoms with Gasteiger partial charge in [0.2, 0.25) is 5.96 Å². The van der Waals surface area contributed by atoms with E-state index in [0.29, 0.717) is 19.8 Å². The van der Waals surface area contributed by atoms with Crippen molar-refractivity contribution >= 4 is 29.7 Å². The van der Waals surface area contributed by atoms with Crippen LogP contribution in [0.15, 0.2) is 62.7 Å². The van der Waals surface area contributed by atoms with E-state index in [2.05, 4.69) is 40.2 Å². The molecular weight excluding hydrogens is 498 g/mol. The number of carbonyl (C=O) groups is 1. The Morgan fingerprint density at radius 2 is 2.00 bits per heavy atom. The predicted molar refractivity (Wildman–Crippen MR) is 152 cm³/mol. The number of guanidine groups is 1. The van der Waals surface area contributed by atoms with Crippen LogP contribution < -0.4 is 10.6 Å². The molecule has 2 aromatic carbocycles. The first kappa shape index (κ1) is 27.8. The van der Waals surface area contributed by atoms with Crippen molar-refractivity contribution in [3.8, 4) is 11.1 Å². The second-order valence-electron chi connectivity index (χ2n) is 9.65. The summed E-state index contributed by atoms with van der Waals surface area (Å²) in [5.41, 5.74) is 3.63. The smallest absolute Gasteiger partial charge is 0.256 e. The highest BCUT2D eigenvalue weighted by Crippen LogP contribution is 2.40. The lowest BCUT2D eigenvalue weighted by Gasteiger charge is -2.23. The van der Waals surface area contributed by atoms with Crippen LogP contribution in [-0.2, 0) is 22.7 Å². The summed E-state index contributed by atoms with van der Waals surface area (Å²) in [6, 6.07) is 14.3. The third-order valence-corrected chi connectivity index (χ3v) is 7.92. The number of nitrogens with one attached hydrogen (secondary N) is 2. The normalized spacial score (nSPS) is 16.5. The Morgan fingerprint density at radius 3 is 2.74 bits per heavy atom. The van der Waals surface area contributed by atoms with Crippen molar-refractivity contribution in [1.29, 1.82) is 5.41 Å². The number of aliphatic imine (C=N–C) groups is 1. The molecule has 1 amide bonds. The van der Waals surface area contributed by atoms with E-state index in [1.165, 1.54) is 11.9 Å². The van der Waals surface area contributed by atoms with E-state index < -0.39 is 5.54 Å². The maximum absolute atomic E-state index is 13.6. The van der Waals surface area contributed by atoms with Crippen molar-refractivity contribution in [2.45, 2.75) is 82.4 Å². The monoisotopic (exact) mass is 535 g/mol. The molecule has 9 nitrogen and oxygen atoms in total. The summed E-state index contributed by atoms with van der Waals surface area (Å²) < 4.78 is 8.70. The number of hydrogen-bond acceptors (Lipinski definition) is 6. The summed E-state index contributed by atoms with van der Waals surface area (Å²) >= 11 is 1.28. The minimum absolute atomic E-state index is 0.131. The zero-order chi connectivity index (χ0) is 27.0. The fraction of sp³-hybridized carbons (Fsp3) is 0.464. The van der Waals surface area contributed by atoms with Crippen molar-refractivity contribution in [3.63, 3.8) is 0 Å². The van der Waals surface area contributed by atoms with Gasteiger partial charge in [-0.1, -0.05) is 72.9 Å². The average molecular weight is 536 g/mol. The SMILES string of the molecule is CCCCC1=NC2(CCCC2)C(=O)N1Cc1ccc(-c2ccccc2SNC(=N)/N=N\N)c(COCC)c1. The maximum Gasteiger partial charge on any atom is 0.256 e. The summed E-state index contributed by atoms with van der Waals surface area (Å²) in [6.07, 6.45) is 6.79. The highest BCUT2D eigenvalue weighted by Gasteiger charge is 2.49. The van der Waals surface area contributed by atoms with E-state index >= 15 is 0 Å². The quantitative estimate of drug-likeness (QED) is 0.0813. The van der Waals surface area contributed by atoms with Crippen molar-refractivity contribution < 1.29 is 9.53 Å². The Bertz CT molecular complexity index is 1210. The molecule has 4 rings (SSSR count). The fourth-order valence-corrected chi connectivity index (χ4v) is 5.86. The molecule has 1 spiro atoms. The molecule has 10 heteroatoms. The molecule has 0 bridgehead atoms. The molecule has 0 atom stereocenters. The van der Waals surface area contributed by atoms with Gasteiger partial charge in [-0.25, -0.2) is 0 Å². The molecule has 1 fully saturated rings. The highest BCUT2D eigenvalue weighted by atomic mass is 32.2. The van der Waals surface area contributed by atoms with Crippen LogP contribution >= 0.6 is 11.9 Å². The highest BCUT2D eigenvalue weighted by molar-refractivity contribution is 7.98. The van der Waals surface area contributed by atoms with Gasteiger partial charge in [-0.15, -0.1) is 0 Å². The number of nitrogens with zero attached hydrogens (tertiary/aromatic N) is 4. The van der Waals surface area contributed by atoms with Crippen LogP contribution in [0.1, 0.15) is 69.9 Å². The molecule has 1 aliphatic heterocycles. The molecule has 38 heavy (non-hydrogen) atoms. The molecule has 4 N–H and O–H groups in total. The third kappa shape index (κ3) is 6.24. The minimum atomic E-state index is -0.530. The second-order valence-corrected chi connectivity index (χ2v) is 10.5. The number of carbonyl (C=O) groups excluding carboxylic acids is 1. The van der Waals surface area contributed by atoms with E-state index in [4.69, 9.17) is 21.0 Å². The molecule has 2 aromatic rings. The van der Waals surface area contributed by atoms with E-state index in [1.54, 1.807) is 0 Å². The lowest BCUT2D eigenvalue weighted by molar-refractivity contribution is -0.131. The van der Waals surface area contributed by atoms with Crippen molar-refractivity contribution in [1.82, 2.24) is 9.62 Å². The number of amides is 1. The predicted octanol–water partition coefficient (Wildman–Crippen LogP) is 5.99. The van der Waals surface area contributed by atoms with E-state index in [-0.39, 0.29) is 11.9 Å². The Kier molecular flexibility index (Phi) is 9.52. The van der Waals surface area contributed by atoms with Gasteiger partial charge in [-0.2, -0.15) is 0 Å². The number of nitrogens with two attached hydrogens (primary N) is 1. The van der Waals surface area contributed by atoms with E-state index in [9.17, 15) is 4.79 Å². The van der Waals surface area contributed by atoms with E-state index in [0.717, 1.165) is 77.9 Å². The first-order valence-corrected chi connectivity index (χ1v) is 14.1. The van der Waals surface area contributed by atoms with Crippen LogP contribution in [0.2, 0.25) is 0 Å². The molecule has 0 aromatic heterocycles. The average Bonchev–Trinajstić information content (AvgIpc) is 3.50. The topological polar surface area (TPSA) is 129 Å². The van der Waals surface area contributed by atoms with Crippen LogP contribution in [0.4, 0.5) is 0 Å². The summed E-state index contributed by atoms with van der Waals surface area (Å²) in [7, 11) is 0. The third-order valence-electron chi connectivity index (χ3n) is 7.05. The van der Waals surface area contributed by atoms with Gasteiger partial charge in [0.1, 0.15) is 11.4 Å². The second kappa shape index (κ2) is 13.0. The van der Waals surface area contributed by atoms with Gasteiger partial charge in [0.25, 0.3) is 5.91 Å². The van der Waals surface area contributed by atoms with Crippen LogP contribution in [-0.4, -0.2) is 34.7 Å². The number of rotatable bonds is 11. The Morgan fingerprint density at radius 1 is 1.21 bits per heavy atom. The van der Waals surface area contributed by atoms with Gasteiger partial charge in [0.15, 0.2) is 0 Å². The van der Waals surface area contributed by atoms with Crippen LogP contribution in [0.5, 0.6) is 0 Å². The molecule has 1 heterocycles. The Hall–Kier alpha value is -3.24. The van der Waals surface area contributed by atoms with Gasteiger partial charge in [-0.05, 0) is 66.5 Å². The van der Waals surface area contributed by atoms with Gasteiger partial charge in [0.05, 0.1) is 13.2 Å². The number of unbranched alkanes of at least 4 members (excludes halogenated alkanes) is 1. The number of benzene rings is 2. The molecule has 202 valence electrons. The minimum Gasteiger partial charge on any atom is -0.377 e. The molecule has 0 unspecified atom stereocenters. The summed E-state index contributed by atoms with van der Waals surface area (Å²) in [5, 5.41) is 14.4. The standard InChI is InChI=1S/C28H37N7O2S/c1-3-5-12-25-31-28(15-8-9-16-28)26(36)35(25)18-20-13-14-22(21(17-20)19-37-4-2)23-10-6-7-11-24(23)38-33-27(29)32-34-30/h6-7,10-11,13-14,17H,3-5,8-9,12,15-16,18-19H2,1-2H3,(H4,29,30,32,33). The summed E-state index contributed by atoms with van der Waals surface area (Å²) in [4.78, 5) is 21.5. The number of amidine groups is 1. The van der Waals surface area contributed by atoms with Crippen molar-refractivity contribution in [3.05, 3.63) is 53.6 Å². The fourth-order valence-electron chi connectivity index (χ4n) is 5.18. The van der Waals surface area contributed by atoms with Crippen LogP contribution in [0.25, 0.3) is 11.1 Å². The molecule has 1 aliphatic carbocycles. The zero-order valence-electron chi connectivity index (χ0n) is 22.2. The molecule has 2 aliphatic rings. The molecule has 1 saturated carbocycles. The Labute approximate surface area is 228 Å². The maximum atomic E-state index is 13.6. The zero-order valence-corrected chi connectivity index (χ0v) is 23.0. The lowest BCUT2D eigenvalue weighted by atomic mass is 9.96. The van der Waals surface area contributed by atoms with Gasteiger partial charge in [0, 0.05) is 17.9 Å². The van der Waals surface area contributed by atoms with E-state index in [1.807, 2.05) is 36.1 Å².